The van der Waals surface area contributed by atoms with Crippen molar-refractivity contribution in [2.75, 3.05) is 0 Å². The summed E-state index contributed by atoms with van der Waals surface area (Å²) >= 11 is 0. The van der Waals surface area contributed by atoms with Crippen molar-refractivity contribution in [1.82, 2.24) is 0 Å². The summed E-state index contributed by atoms with van der Waals surface area (Å²) in [5.41, 5.74) is 0.863. The highest BCUT2D eigenvalue weighted by Crippen LogP contribution is 2.28. The number of aliphatic carboxylic acids is 1. The van der Waals surface area contributed by atoms with Gasteiger partial charge in [0.1, 0.15) is 5.76 Å². The molecular formula is C10H5O4-. The lowest BCUT2D eigenvalue weighted by Crippen LogP contribution is -2.19. The molecular weight excluding hydrogens is 184 g/mol. The number of carboxylic acid groups (broad SMARTS) is 1. The number of ether oxygens (including phenoxy) is 1. The van der Waals surface area contributed by atoms with Crippen molar-refractivity contribution < 1.29 is 19.4 Å². The smallest absolute Gasteiger partial charge is 0.344 e. The Kier molecular flexibility index (Phi) is 1.81. The normalized spacial score (nSPS) is 16.6. The number of carbonyl (C=O) groups excluding carboxylic acids is 2. The average Bonchev–Trinajstić information content (AvgIpc) is 2.44. The minimum absolute atomic E-state index is 0.0330. The van der Waals surface area contributed by atoms with Gasteiger partial charge in [-0.2, -0.15) is 0 Å². The highest BCUT2D eigenvalue weighted by atomic mass is 16.5. The van der Waals surface area contributed by atoms with Gasteiger partial charge in [0.05, 0.1) is 11.5 Å². The Balaban J connectivity index is 2.54. The molecule has 1 aromatic carbocycles. The van der Waals surface area contributed by atoms with Crippen LogP contribution >= 0.6 is 0 Å². The van der Waals surface area contributed by atoms with Crippen molar-refractivity contribution in [2.24, 2.45) is 0 Å². The molecule has 0 unspecified atom stereocenters. The van der Waals surface area contributed by atoms with Gasteiger partial charge in [-0.25, -0.2) is 4.79 Å². The molecule has 1 aliphatic heterocycles. The number of hydrogen-bond donors (Lipinski definition) is 0. The first-order valence-corrected chi connectivity index (χ1v) is 3.93. The summed E-state index contributed by atoms with van der Waals surface area (Å²) in [7, 11) is 0. The maximum absolute atomic E-state index is 11.2. The fourth-order valence-corrected chi connectivity index (χ4v) is 1.30. The molecule has 0 aliphatic carbocycles. The van der Waals surface area contributed by atoms with Gasteiger partial charge in [-0.1, -0.05) is 18.2 Å². The van der Waals surface area contributed by atoms with Crippen LogP contribution in [0, 0.1) is 0 Å². The zero-order chi connectivity index (χ0) is 10.1. The lowest BCUT2D eigenvalue weighted by molar-refractivity contribution is -0.297. The standard InChI is InChI=1S/C10H6O4/c11-9(12)5-8-6-3-1-2-4-7(6)10(13)14-8/h1-5H,(H,11,12)/p-1. The quantitative estimate of drug-likeness (QED) is 0.458. The number of carbonyl (C=O) groups is 2. The molecule has 0 N–H and O–H groups in total. The van der Waals surface area contributed by atoms with Crippen LogP contribution in [0.5, 0.6) is 0 Å². The maximum atomic E-state index is 11.2. The molecule has 0 radical (unpaired) electrons. The van der Waals surface area contributed by atoms with E-state index in [0.717, 1.165) is 6.08 Å². The topological polar surface area (TPSA) is 66.4 Å². The Morgan fingerprint density at radius 1 is 1.29 bits per heavy atom. The zero-order valence-electron chi connectivity index (χ0n) is 7.02. The van der Waals surface area contributed by atoms with Crippen LogP contribution in [-0.4, -0.2) is 11.9 Å². The number of benzene rings is 1. The molecule has 0 atom stereocenters. The minimum atomic E-state index is -1.38. The lowest BCUT2D eigenvalue weighted by atomic mass is 10.1. The second-order valence-corrected chi connectivity index (χ2v) is 2.76. The van der Waals surface area contributed by atoms with Crippen molar-refractivity contribution in [3.8, 4) is 0 Å². The molecule has 0 fully saturated rings. The Bertz CT molecular complexity index is 445. The van der Waals surface area contributed by atoms with Gasteiger partial charge in [-0.3, -0.25) is 0 Å². The van der Waals surface area contributed by atoms with Crippen LogP contribution in [0.15, 0.2) is 30.3 Å². The van der Waals surface area contributed by atoms with Crippen LogP contribution in [0.1, 0.15) is 15.9 Å². The van der Waals surface area contributed by atoms with E-state index in [2.05, 4.69) is 0 Å². The number of hydrogen-bond acceptors (Lipinski definition) is 4. The maximum Gasteiger partial charge on any atom is 0.344 e. The number of cyclic esters (lactones) is 1. The molecule has 0 amide bonds. The fourth-order valence-electron chi connectivity index (χ4n) is 1.30. The van der Waals surface area contributed by atoms with E-state index < -0.39 is 11.9 Å². The van der Waals surface area contributed by atoms with E-state index in [-0.39, 0.29) is 5.76 Å². The number of esters is 1. The first-order chi connectivity index (χ1) is 6.68. The van der Waals surface area contributed by atoms with Gasteiger partial charge in [0.15, 0.2) is 0 Å². The third kappa shape index (κ3) is 1.26. The SMILES string of the molecule is O=C([O-])C=C1OC(=O)c2ccccc21. The molecule has 1 aromatic rings. The van der Waals surface area contributed by atoms with E-state index in [9.17, 15) is 14.7 Å². The Morgan fingerprint density at radius 3 is 2.57 bits per heavy atom. The monoisotopic (exact) mass is 189 g/mol. The van der Waals surface area contributed by atoms with Crippen LogP contribution in [0.3, 0.4) is 0 Å². The number of fused-ring (bicyclic) bond motifs is 1. The summed E-state index contributed by atoms with van der Waals surface area (Å²) in [5.74, 6) is -1.89. The van der Waals surface area contributed by atoms with E-state index in [1.807, 2.05) is 0 Å². The second-order valence-electron chi connectivity index (χ2n) is 2.76. The Morgan fingerprint density at radius 2 is 1.93 bits per heavy atom. The van der Waals surface area contributed by atoms with Crippen molar-refractivity contribution in [3.05, 3.63) is 41.5 Å². The van der Waals surface area contributed by atoms with Crippen LogP contribution in [0.2, 0.25) is 0 Å². The van der Waals surface area contributed by atoms with Crippen LogP contribution in [0.25, 0.3) is 5.76 Å². The molecule has 0 saturated heterocycles. The molecule has 0 bridgehead atoms. The summed E-state index contributed by atoms with van der Waals surface area (Å²) in [5, 5.41) is 10.3. The van der Waals surface area contributed by atoms with Crippen molar-refractivity contribution in [2.45, 2.75) is 0 Å². The molecule has 0 saturated carbocycles. The largest absolute Gasteiger partial charge is 0.545 e. The summed E-state index contributed by atoms with van der Waals surface area (Å²) in [4.78, 5) is 21.5. The van der Waals surface area contributed by atoms with E-state index in [0.29, 0.717) is 11.1 Å². The molecule has 2 rings (SSSR count). The van der Waals surface area contributed by atoms with E-state index in [4.69, 9.17) is 4.74 Å². The average molecular weight is 189 g/mol. The van der Waals surface area contributed by atoms with Gasteiger partial charge in [0.2, 0.25) is 0 Å². The summed E-state index contributed by atoms with van der Waals surface area (Å²) in [6, 6.07) is 6.58. The lowest BCUT2D eigenvalue weighted by Gasteiger charge is -1.98. The molecule has 14 heavy (non-hydrogen) atoms. The predicted octanol–water partition coefficient (Wildman–Crippen LogP) is -0.0522. The Labute approximate surface area is 79.4 Å². The van der Waals surface area contributed by atoms with Gasteiger partial charge >= 0.3 is 5.97 Å². The van der Waals surface area contributed by atoms with E-state index >= 15 is 0 Å². The fraction of sp³-hybridized carbons (Fsp3) is 0. The highest BCUT2D eigenvalue weighted by Gasteiger charge is 2.25. The molecule has 4 nitrogen and oxygen atoms in total. The molecule has 0 spiro atoms. The third-order valence-electron chi connectivity index (χ3n) is 1.86. The van der Waals surface area contributed by atoms with Crippen molar-refractivity contribution >= 4 is 17.7 Å². The summed E-state index contributed by atoms with van der Waals surface area (Å²) in [6.45, 7) is 0. The number of rotatable bonds is 1. The molecule has 0 aromatic heterocycles. The van der Waals surface area contributed by atoms with Gasteiger partial charge in [-0.15, -0.1) is 0 Å². The second kappa shape index (κ2) is 2.99. The molecule has 4 heteroatoms. The molecule has 70 valence electrons. The highest BCUT2D eigenvalue weighted by molar-refractivity contribution is 6.05. The first-order valence-electron chi connectivity index (χ1n) is 3.93. The van der Waals surface area contributed by atoms with Crippen molar-refractivity contribution in [1.29, 1.82) is 0 Å². The van der Waals surface area contributed by atoms with Crippen LogP contribution < -0.4 is 5.11 Å². The van der Waals surface area contributed by atoms with Crippen LogP contribution in [-0.2, 0) is 9.53 Å². The third-order valence-corrected chi connectivity index (χ3v) is 1.86. The van der Waals surface area contributed by atoms with Gasteiger partial charge in [0.25, 0.3) is 0 Å². The molecule has 1 aliphatic rings. The minimum Gasteiger partial charge on any atom is -0.545 e. The van der Waals surface area contributed by atoms with Crippen LogP contribution in [0.4, 0.5) is 0 Å². The van der Waals surface area contributed by atoms with Gasteiger partial charge in [0, 0.05) is 11.6 Å². The zero-order valence-corrected chi connectivity index (χ0v) is 7.02. The van der Waals surface area contributed by atoms with E-state index in [1.54, 1.807) is 24.3 Å². The van der Waals surface area contributed by atoms with Gasteiger partial charge < -0.3 is 14.6 Å². The van der Waals surface area contributed by atoms with Crippen molar-refractivity contribution in [3.63, 3.8) is 0 Å². The Hall–Kier alpha value is -2.10. The summed E-state index contributed by atoms with van der Waals surface area (Å²) in [6.07, 6.45) is 0.768. The van der Waals surface area contributed by atoms with Gasteiger partial charge in [-0.05, 0) is 6.07 Å². The summed E-state index contributed by atoms with van der Waals surface area (Å²) < 4.78 is 4.74. The first kappa shape index (κ1) is 8.50. The number of carboxylic acids is 1. The van der Waals surface area contributed by atoms with E-state index in [1.165, 1.54) is 0 Å². The predicted molar refractivity (Wildman–Crippen MR) is 44.8 cm³/mol. The molecule has 1 heterocycles.